The number of aromatic nitrogens is 3. The molecular formula is C24H20ClN5O3S. The molecule has 3 heterocycles. The number of amides is 1. The molecule has 10 heteroatoms. The van der Waals surface area contributed by atoms with Crippen molar-refractivity contribution in [1.82, 2.24) is 19.8 Å². The van der Waals surface area contributed by atoms with Gasteiger partial charge in [0.25, 0.3) is 5.91 Å². The second-order valence-corrected chi connectivity index (χ2v) is 8.85. The molecule has 1 amide bonds. The van der Waals surface area contributed by atoms with Crippen molar-refractivity contribution in [2.45, 2.75) is 17.6 Å². The van der Waals surface area contributed by atoms with Gasteiger partial charge in [0.05, 0.1) is 30.5 Å². The molecule has 5 rings (SSSR count). The number of hydrazone groups is 1. The number of carbonyl (C=O) groups is 1. The number of methoxy groups -OCH3 is 1. The Hall–Kier alpha value is -3.56. The number of ether oxygens (including phenoxy) is 1. The van der Waals surface area contributed by atoms with Crippen molar-refractivity contribution >= 4 is 35.0 Å². The summed E-state index contributed by atoms with van der Waals surface area (Å²) in [6.45, 7) is 0. The predicted molar refractivity (Wildman–Crippen MR) is 130 cm³/mol. The first-order valence-electron chi connectivity index (χ1n) is 10.5. The number of furan rings is 1. The zero-order chi connectivity index (χ0) is 23.5. The van der Waals surface area contributed by atoms with Crippen molar-refractivity contribution in [3.05, 3.63) is 89.6 Å². The van der Waals surface area contributed by atoms with Gasteiger partial charge in [0.2, 0.25) is 0 Å². The summed E-state index contributed by atoms with van der Waals surface area (Å²) < 4.78 is 12.9. The summed E-state index contributed by atoms with van der Waals surface area (Å²) in [4.78, 5) is 13.3. The summed E-state index contributed by atoms with van der Waals surface area (Å²) in [6, 6.07) is 18.3. The standard InChI is InChI=1S/C24H20ClN5O3S/c1-32-21-6-3-2-5-19(21)29-15-26-27-24(29)34-14-23(31)30-20(22-7-4-12-33-22)13-18(28-30)16-8-10-17(25)11-9-16/h2-12,15,20H,13-14H2,1H3. The predicted octanol–water partition coefficient (Wildman–Crippen LogP) is 4.99. The third-order valence-corrected chi connectivity index (χ3v) is 6.58. The van der Waals surface area contributed by atoms with Crippen LogP contribution >= 0.6 is 23.4 Å². The lowest BCUT2D eigenvalue weighted by molar-refractivity contribution is -0.130. The number of carbonyl (C=O) groups excluding carboxylic acids is 1. The lowest BCUT2D eigenvalue weighted by Gasteiger charge is -2.19. The molecule has 8 nitrogen and oxygen atoms in total. The Morgan fingerprint density at radius 1 is 1.18 bits per heavy atom. The van der Waals surface area contributed by atoms with Crippen LogP contribution in [0, 0.1) is 0 Å². The van der Waals surface area contributed by atoms with E-state index in [9.17, 15) is 4.79 Å². The van der Waals surface area contributed by atoms with Gasteiger partial charge in [-0.2, -0.15) is 5.10 Å². The van der Waals surface area contributed by atoms with E-state index in [-0.39, 0.29) is 17.7 Å². The van der Waals surface area contributed by atoms with Crippen LogP contribution < -0.4 is 4.74 Å². The molecular weight excluding hydrogens is 474 g/mol. The van der Waals surface area contributed by atoms with Crippen LogP contribution in [0.4, 0.5) is 0 Å². The van der Waals surface area contributed by atoms with E-state index in [0.717, 1.165) is 17.0 Å². The maximum Gasteiger partial charge on any atom is 0.253 e. The molecule has 0 spiro atoms. The Bertz CT molecular complexity index is 1320. The van der Waals surface area contributed by atoms with Crippen LogP contribution in [0.3, 0.4) is 0 Å². The third-order valence-electron chi connectivity index (χ3n) is 5.40. The molecule has 34 heavy (non-hydrogen) atoms. The second-order valence-electron chi connectivity index (χ2n) is 7.47. The molecule has 0 aliphatic carbocycles. The van der Waals surface area contributed by atoms with E-state index in [2.05, 4.69) is 15.3 Å². The number of halogens is 1. The van der Waals surface area contributed by atoms with E-state index in [0.29, 0.717) is 28.1 Å². The fraction of sp³-hybridized carbons (Fsp3) is 0.167. The highest BCUT2D eigenvalue weighted by Crippen LogP contribution is 2.34. The molecule has 1 aliphatic heterocycles. The van der Waals surface area contributed by atoms with Crippen LogP contribution in [0.25, 0.3) is 5.69 Å². The minimum atomic E-state index is -0.319. The molecule has 1 unspecified atom stereocenters. The molecule has 1 aliphatic rings. The lowest BCUT2D eigenvalue weighted by Crippen LogP contribution is -2.28. The van der Waals surface area contributed by atoms with Crippen molar-refractivity contribution in [3.8, 4) is 11.4 Å². The highest BCUT2D eigenvalue weighted by molar-refractivity contribution is 7.99. The van der Waals surface area contributed by atoms with Crippen LogP contribution in [0.1, 0.15) is 23.8 Å². The summed E-state index contributed by atoms with van der Waals surface area (Å²) >= 11 is 7.32. The van der Waals surface area contributed by atoms with Gasteiger partial charge in [-0.15, -0.1) is 10.2 Å². The molecule has 0 radical (unpaired) electrons. The topological polar surface area (TPSA) is 85.8 Å². The summed E-state index contributed by atoms with van der Waals surface area (Å²) in [7, 11) is 1.61. The van der Waals surface area contributed by atoms with E-state index in [1.807, 2.05) is 60.7 Å². The molecule has 0 N–H and O–H groups in total. The molecule has 2 aromatic heterocycles. The molecule has 172 valence electrons. The molecule has 0 saturated carbocycles. The van der Waals surface area contributed by atoms with Gasteiger partial charge in [-0.05, 0) is 42.0 Å². The first-order valence-corrected chi connectivity index (χ1v) is 11.9. The Morgan fingerprint density at radius 2 is 2.00 bits per heavy atom. The maximum atomic E-state index is 13.3. The van der Waals surface area contributed by atoms with Gasteiger partial charge in [-0.3, -0.25) is 9.36 Å². The second kappa shape index (κ2) is 9.74. The summed E-state index contributed by atoms with van der Waals surface area (Å²) in [6.07, 6.45) is 3.74. The average Bonchev–Trinajstić information content (AvgIpc) is 3.63. The monoisotopic (exact) mass is 493 g/mol. The highest BCUT2D eigenvalue weighted by Gasteiger charge is 2.35. The van der Waals surface area contributed by atoms with E-state index in [1.165, 1.54) is 16.8 Å². The van der Waals surface area contributed by atoms with Crippen LogP contribution in [-0.4, -0.2) is 44.3 Å². The quantitative estimate of drug-likeness (QED) is 0.337. The third kappa shape index (κ3) is 4.44. The largest absolute Gasteiger partial charge is 0.495 e. The first-order chi connectivity index (χ1) is 16.6. The number of rotatable bonds is 7. The van der Waals surface area contributed by atoms with Crippen LogP contribution in [0.5, 0.6) is 5.75 Å². The van der Waals surface area contributed by atoms with Gasteiger partial charge < -0.3 is 9.15 Å². The van der Waals surface area contributed by atoms with Gasteiger partial charge in [0, 0.05) is 11.4 Å². The fourth-order valence-corrected chi connectivity index (χ4v) is 4.67. The van der Waals surface area contributed by atoms with Gasteiger partial charge >= 0.3 is 0 Å². The highest BCUT2D eigenvalue weighted by atomic mass is 35.5. The minimum Gasteiger partial charge on any atom is -0.495 e. The molecule has 0 saturated heterocycles. The van der Waals surface area contributed by atoms with Crippen LogP contribution in [-0.2, 0) is 4.79 Å². The fourth-order valence-electron chi connectivity index (χ4n) is 3.77. The molecule has 4 aromatic rings. The van der Waals surface area contributed by atoms with Crippen molar-refractivity contribution < 1.29 is 13.9 Å². The van der Waals surface area contributed by atoms with Crippen molar-refractivity contribution in [2.24, 2.45) is 5.10 Å². The van der Waals surface area contributed by atoms with E-state index in [4.69, 9.17) is 20.8 Å². The molecule has 0 bridgehead atoms. The number of para-hydroxylation sites is 2. The van der Waals surface area contributed by atoms with Crippen LogP contribution in [0.2, 0.25) is 5.02 Å². The lowest BCUT2D eigenvalue weighted by atomic mass is 10.0. The molecule has 1 atom stereocenters. The average molecular weight is 494 g/mol. The van der Waals surface area contributed by atoms with E-state index >= 15 is 0 Å². The van der Waals surface area contributed by atoms with E-state index < -0.39 is 0 Å². The Balaban J connectivity index is 1.37. The SMILES string of the molecule is COc1ccccc1-n1cnnc1SCC(=O)N1N=C(c2ccc(Cl)cc2)CC1c1ccco1. The Labute approximate surface area is 205 Å². The van der Waals surface area contributed by atoms with Gasteiger partial charge in [0.1, 0.15) is 23.9 Å². The first kappa shape index (κ1) is 22.2. The summed E-state index contributed by atoms with van der Waals surface area (Å²) in [5.41, 5.74) is 2.51. The van der Waals surface area contributed by atoms with Crippen molar-refractivity contribution in [2.75, 3.05) is 12.9 Å². The normalized spacial score (nSPS) is 15.4. The molecule has 2 aromatic carbocycles. The summed E-state index contributed by atoms with van der Waals surface area (Å²) in [5.74, 6) is 1.33. The van der Waals surface area contributed by atoms with Gasteiger partial charge in [-0.25, -0.2) is 5.01 Å². The van der Waals surface area contributed by atoms with Crippen LogP contribution in [0.15, 0.2) is 87.9 Å². The summed E-state index contributed by atoms with van der Waals surface area (Å²) in [5, 5.41) is 15.6. The Kier molecular flexibility index (Phi) is 6.37. The number of hydrogen-bond acceptors (Lipinski definition) is 7. The van der Waals surface area contributed by atoms with Gasteiger partial charge in [0.15, 0.2) is 5.16 Å². The smallest absolute Gasteiger partial charge is 0.253 e. The molecule has 0 fully saturated rings. The van der Waals surface area contributed by atoms with E-state index in [1.54, 1.807) is 24.3 Å². The number of benzene rings is 2. The van der Waals surface area contributed by atoms with Crippen molar-refractivity contribution in [1.29, 1.82) is 0 Å². The minimum absolute atomic E-state index is 0.127. The number of nitrogens with zero attached hydrogens (tertiary/aromatic N) is 5. The maximum absolute atomic E-state index is 13.3. The zero-order valence-electron chi connectivity index (χ0n) is 18.2. The Morgan fingerprint density at radius 3 is 2.76 bits per heavy atom. The number of thioether (sulfide) groups is 1. The number of hydrogen-bond donors (Lipinski definition) is 0. The van der Waals surface area contributed by atoms with Crippen molar-refractivity contribution in [3.63, 3.8) is 0 Å². The zero-order valence-corrected chi connectivity index (χ0v) is 19.7. The van der Waals surface area contributed by atoms with Gasteiger partial charge in [-0.1, -0.05) is 47.6 Å².